The zero-order chi connectivity index (χ0) is 11.5. The lowest BCUT2D eigenvalue weighted by Crippen LogP contribution is -2.24. The van der Waals surface area contributed by atoms with Crippen molar-refractivity contribution in [2.24, 2.45) is 0 Å². The lowest BCUT2D eigenvalue weighted by molar-refractivity contribution is 0.213. The van der Waals surface area contributed by atoms with Crippen LogP contribution in [0.4, 0.5) is 0 Å². The highest BCUT2D eigenvalue weighted by Gasteiger charge is 2.22. The Morgan fingerprint density at radius 2 is 2.31 bits per heavy atom. The molecule has 1 aliphatic heterocycles. The predicted octanol–water partition coefficient (Wildman–Crippen LogP) is 2.69. The summed E-state index contributed by atoms with van der Waals surface area (Å²) in [7, 11) is 2.01. The molecule has 1 aromatic carbocycles. The lowest BCUT2D eigenvalue weighted by atomic mass is 10.0. The topological polar surface area (TPSA) is 21.3 Å². The number of nitrogens with one attached hydrogen (secondary N) is 1. The SMILES string of the molecule is CNC(C)CCC1Cc2cc(C)ccc2O1. The van der Waals surface area contributed by atoms with Gasteiger partial charge in [0.1, 0.15) is 11.9 Å². The third-order valence-electron chi connectivity index (χ3n) is 3.37. The monoisotopic (exact) mass is 219 g/mol. The van der Waals surface area contributed by atoms with Crippen LogP contribution in [0.3, 0.4) is 0 Å². The predicted molar refractivity (Wildman–Crippen MR) is 67.1 cm³/mol. The number of benzene rings is 1. The lowest BCUT2D eigenvalue weighted by Gasteiger charge is -2.14. The van der Waals surface area contributed by atoms with E-state index in [1.807, 2.05) is 7.05 Å². The van der Waals surface area contributed by atoms with Crippen LogP contribution in [0.1, 0.15) is 30.9 Å². The van der Waals surface area contributed by atoms with E-state index < -0.39 is 0 Å². The van der Waals surface area contributed by atoms with Gasteiger partial charge in [0.15, 0.2) is 0 Å². The highest BCUT2D eigenvalue weighted by Crippen LogP contribution is 2.31. The van der Waals surface area contributed by atoms with Gasteiger partial charge >= 0.3 is 0 Å². The van der Waals surface area contributed by atoms with Crippen molar-refractivity contribution in [2.75, 3.05) is 7.05 Å². The van der Waals surface area contributed by atoms with Crippen LogP contribution in [0.15, 0.2) is 18.2 Å². The average molecular weight is 219 g/mol. The molecule has 2 atom stereocenters. The molecule has 88 valence electrons. The fourth-order valence-electron chi connectivity index (χ4n) is 2.19. The molecule has 2 rings (SSSR count). The zero-order valence-electron chi connectivity index (χ0n) is 10.4. The molecule has 1 aromatic rings. The molecule has 0 radical (unpaired) electrons. The van der Waals surface area contributed by atoms with Gasteiger partial charge < -0.3 is 10.1 Å². The zero-order valence-corrected chi connectivity index (χ0v) is 10.4. The molecule has 0 aliphatic carbocycles. The Morgan fingerprint density at radius 3 is 3.06 bits per heavy atom. The number of rotatable bonds is 4. The van der Waals surface area contributed by atoms with Crippen molar-refractivity contribution < 1.29 is 4.74 Å². The molecular formula is C14H21NO. The van der Waals surface area contributed by atoms with E-state index in [0.29, 0.717) is 12.1 Å². The summed E-state index contributed by atoms with van der Waals surface area (Å²) in [5.74, 6) is 1.09. The first kappa shape index (κ1) is 11.5. The van der Waals surface area contributed by atoms with E-state index >= 15 is 0 Å². The maximum absolute atomic E-state index is 5.93. The van der Waals surface area contributed by atoms with E-state index in [4.69, 9.17) is 4.74 Å². The Hall–Kier alpha value is -1.02. The summed E-state index contributed by atoms with van der Waals surface area (Å²) < 4.78 is 5.93. The minimum atomic E-state index is 0.382. The molecule has 0 saturated carbocycles. The van der Waals surface area contributed by atoms with Crippen molar-refractivity contribution in [3.63, 3.8) is 0 Å². The van der Waals surface area contributed by atoms with Crippen LogP contribution in [0, 0.1) is 6.92 Å². The number of hydrogen-bond donors (Lipinski definition) is 1. The third-order valence-corrected chi connectivity index (χ3v) is 3.37. The van der Waals surface area contributed by atoms with Crippen molar-refractivity contribution in [3.8, 4) is 5.75 Å². The Labute approximate surface area is 98.0 Å². The Bertz CT molecular complexity index is 362. The highest BCUT2D eigenvalue weighted by molar-refractivity contribution is 5.40. The summed E-state index contributed by atoms with van der Waals surface area (Å²) >= 11 is 0. The molecule has 16 heavy (non-hydrogen) atoms. The van der Waals surface area contributed by atoms with Crippen LogP contribution in [0.5, 0.6) is 5.75 Å². The van der Waals surface area contributed by atoms with E-state index in [1.165, 1.54) is 17.5 Å². The van der Waals surface area contributed by atoms with E-state index in [2.05, 4.69) is 37.4 Å². The van der Waals surface area contributed by atoms with Gasteiger partial charge in [0.2, 0.25) is 0 Å². The van der Waals surface area contributed by atoms with Crippen molar-refractivity contribution in [1.29, 1.82) is 0 Å². The number of fused-ring (bicyclic) bond motifs is 1. The van der Waals surface area contributed by atoms with Gasteiger partial charge in [-0.05, 0) is 45.4 Å². The Balaban J connectivity index is 1.90. The van der Waals surface area contributed by atoms with E-state index in [-0.39, 0.29) is 0 Å². The van der Waals surface area contributed by atoms with Gasteiger partial charge in [0, 0.05) is 12.5 Å². The highest BCUT2D eigenvalue weighted by atomic mass is 16.5. The first-order valence-corrected chi connectivity index (χ1v) is 6.12. The van der Waals surface area contributed by atoms with Crippen molar-refractivity contribution in [2.45, 2.75) is 45.3 Å². The molecule has 0 spiro atoms. The van der Waals surface area contributed by atoms with Crippen LogP contribution < -0.4 is 10.1 Å². The average Bonchev–Trinajstić information content (AvgIpc) is 2.67. The summed E-state index contributed by atoms with van der Waals surface area (Å²) in [6, 6.07) is 7.05. The summed E-state index contributed by atoms with van der Waals surface area (Å²) in [5, 5.41) is 3.26. The molecule has 2 heteroatoms. The summed E-state index contributed by atoms with van der Waals surface area (Å²) in [4.78, 5) is 0. The standard InChI is InChI=1S/C14H21NO/c1-10-4-7-14-12(8-10)9-13(16-14)6-5-11(2)15-3/h4,7-8,11,13,15H,5-6,9H2,1-3H3. The van der Waals surface area contributed by atoms with Gasteiger partial charge in [-0.1, -0.05) is 17.7 Å². The molecule has 0 aromatic heterocycles. The molecule has 1 heterocycles. The number of ether oxygens (including phenoxy) is 1. The molecule has 2 nitrogen and oxygen atoms in total. The van der Waals surface area contributed by atoms with Gasteiger partial charge in [-0.15, -0.1) is 0 Å². The molecule has 1 N–H and O–H groups in total. The van der Waals surface area contributed by atoms with E-state index in [0.717, 1.165) is 18.6 Å². The normalized spacial score (nSPS) is 20.3. The molecule has 0 saturated heterocycles. The molecule has 0 amide bonds. The summed E-state index contributed by atoms with van der Waals surface area (Å²) in [6.45, 7) is 4.35. The first-order valence-electron chi connectivity index (χ1n) is 6.12. The molecule has 2 unspecified atom stereocenters. The van der Waals surface area contributed by atoms with Crippen molar-refractivity contribution in [3.05, 3.63) is 29.3 Å². The minimum Gasteiger partial charge on any atom is -0.490 e. The van der Waals surface area contributed by atoms with E-state index in [9.17, 15) is 0 Å². The smallest absolute Gasteiger partial charge is 0.123 e. The number of aryl methyl sites for hydroxylation is 1. The van der Waals surface area contributed by atoms with Crippen LogP contribution in [0.2, 0.25) is 0 Å². The quantitative estimate of drug-likeness (QED) is 0.840. The maximum atomic E-state index is 5.93. The molecular weight excluding hydrogens is 198 g/mol. The van der Waals surface area contributed by atoms with Crippen molar-refractivity contribution >= 4 is 0 Å². The second-order valence-corrected chi connectivity index (χ2v) is 4.82. The Morgan fingerprint density at radius 1 is 1.50 bits per heavy atom. The second kappa shape index (κ2) is 4.88. The number of hydrogen-bond acceptors (Lipinski definition) is 2. The van der Waals surface area contributed by atoms with Gasteiger partial charge in [0.25, 0.3) is 0 Å². The van der Waals surface area contributed by atoms with Gasteiger partial charge in [-0.3, -0.25) is 0 Å². The molecule has 0 bridgehead atoms. The van der Waals surface area contributed by atoms with Crippen LogP contribution in [-0.4, -0.2) is 19.2 Å². The largest absolute Gasteiger partial charge is 0.490 e. The van der Waals surface area contributed by atoms with Crippen molar-refractivity contribution in [1.82, 2.24) is 5.32 Å². The second-order valence-electron chi connectivity index (χ2n) is 4.82. The first-order chi connectivity index (χ1) is 7.69. The minimum absolute atomic E-state index is 0.382. The van der Waals surface area contributed by atoms with Crippen LogP contribution >= 0.6 is 0 Å². The summed E-state index contributed by atoms with van der Waals surface area (Å²) in [6.07, 6.45) is 3.77. The van der Waals surface area contributed by atoms with E-state index in [1.54, 1.807) is 0 Å². The third kappa shape index (κ3) is 2.56. The molecule has 0 fully saturated rings. The van der Waals surface area contributed by atoms with Gasteiger partial charge in [-0.2, -0.15) is 0 Å². The van der Waals surface area contributed by atoms with Gasteiger partial charge in [-0.25, -0.2) is 0 Å². The fraction of sp³-hybridized carbons (Fsp3) is 0.571. The Kier molecular flexibility index (Phi) is 3.49. The fourth-order valence-corrected chi connectivity index (χ4v) is 2.19. The van der Waals surface area contributed by atoms with Gasteiger partial charge in [0.05, 0.1) is 0 Å². The summed E-state index contributed by atoms with van der Waals surface area (Å²) in [5.41, 5.74) is 2.70. The van der Waals surface area contributed by atoms with Crippen LogP contribution in [-0.2, 0) is 6.42 Å². The van der Waals surface area contributed by atoms with Crippen LogP contribution in [0.25, 0.3) is 0 Å². The molecule has 1 aliphatic rings. The maximum Gasteiger partial charge on any atom is 0.123 e.